The van der Waals surface area contributed by atoms with E-state index in [1.54, 1.807) is 20.3 Å². The number of para-hydroxylation sites is 1. The largest absolute Gasteiger partial charge is 0.760 e. The Morgan fingerprint density at radius 3 is 2.29 bits per heavy atom. The summed E-state index contributed by atoms with van der Waals surface area (Å²) in [6.07, 6.45) is 0. The summed E-state index contributed by atoms with van der Waals surface area (Å²) in [4.78, 5) is 4.31. The molecule has 0 aliphatic heterocycles. The van der Waals surface area contributed by atoms with E-state index in [0.717, 1.165) is 11.3 Å². The molecule has 0 aliphatic carbocycles. The van der Waals surface area contributed by atoms with E-state index in [9.17, 15) is 0 Å². The molecular formula is C13H9CuINS-2. The quantitative estimate of drug-likeness (QED) is 0.185. The second kappa shape index (κ2) is 8.64. The topological polar surface area (TPSA) is 12.4 Å². The maximum Gasteiger partial charge on any atom is -0.0269 e. The minimum Gasteiger partial charge on any atom is -0.760 e. The van der Waals surface area contributed by atoms with Crippen molar-refractivity contribution >= 4 is 43.7 Å². The van der Waals surface area contributed by atoms with Crippen molar-refractivity contribution in [1.82, 2.24) is 0 Å². The predicted molar refractivity (Wildman–Crippen MR) is 79.3 cm³/mol. The molecule has 0 atom stereocenters. The summed E-state index contributed by atoms with van der Waals surface area (Å²) >= 11 is 11.1. The van der Waals surface area contributed by atoms with Gasteiger partial charge in [0.15, 0.2) is 0 Å². The van der Waals surface area contributed by atoms with Gasteiger partial charge in [0.25, 0.3) is 0 Å². The van der Waals surface area contributed by atoms with Crippen LogP contribution in [0.1, 0.15) is 5.56 Å². The van der Waals surface area contributed by atoms with Crippen molar-refractivity contribution in [2.45, 2.75) is 0 Å². The van der Waals surface area contributed by atoms with Crippen molar-refractivity contribution in [3.05, 3.63) is 66.2 Å². The number of halogens is 1. The molecule has 4 heteroatoms. The molecule has 0 spiro atoms. The predicted octanol–water partition coefficient (Wildman–Crippen LogP) is 4.00. The first-order chi connectivity index (χ1) is 8.36. The van der Waals surface area contributed by atoms with Crippen LogP contribution in [0.4, 0.5) is 5.69 Å². The van der Waals surface area contributed by atoms with Crippen LogP contribution in [0.2, 0.25) is 0 Å². The van der Waals surface area contributed by atoms with Crippen molar-refractivity contribution in [3.8, 4) is 0 Å². The standard InChI is InChI=1S/C13H10NS.Cu.HI/c15-13(11-7-3-1-4-8-11)14-12-9-5-2-6-10-12;;/h1-9H,(H,14,15);;1H/q-1;+1;/p-2. The van der Waals surface area contributed by atoms with Crippen molar-refractivity contribution in [2.75, 3.05) is 0 Å². The van der Waals surface area contributed by atoms with Gasteiger partial charge in [0.05, 0.1) is 0 Å². The SMILES string of the molecule is [Cu][I].[S-]C(=Nc1[c-]cccc1)c1ccccc1. The average molecular weight is 402 g/mol. The molecule has 0 aliphatic rings. The summed E-state index contributed by atoms with van der Waals surface area (Å²) in [7, 11) is 0. The van der Waals surface area contributed by atoms with Crippen LogP contribution in [-0.2, 0) is 25.4 Å². The van der Waals surface area contributed by atoms with E-state index < -0.39 is 0 Å². The molecule has 92 valence electrons. The first-order valence-corrected chi connectivity index (χ1v) is 8.20. The molecule has 0 radical (unpaired) electrons. The van der Waals surface area contributed by atoms with Crippen LogP contribution < -0.4 is 0 Å². The van der Waals surface area contributed by atoms with Crippen LogP contribution in [0.3, 0.4) is 0 Å². The van der Waals surface area contributed by atoms with Gasteiger partial charge in [-0.05, 0) is 5.56 Å². The van der Waals surface area contributed by atoms with Gasteiger partial charge in [-0.15, -0.1) is 6.07 Å². The Morgan fingerprint density at radius 1 is 1.06 bits per heavy atom. The molecule has 0 aromatic heterocycles. The minimum atomic E-state index is 0.595. The zero-order chi connectivity index (χ0) is 12.5. The Hall–Kier alpha value is -0.421. The molecule has 0 saturated heterocycles. The summed E-state index contributed by atoms with van der Waals surface area (Å²) in [5.74, 6) is 0. The molecule has 2 aromatic carbocycles. The smallest absolute Gasteiger partial charge is 0.0269 e. The molecule has 0 bridgehead atoms. The third-order valence-corrected chi connectivity index (χ3v) is 2.26. The summed E-state index contributed by atoms with van der Waals surface area (Å²) in [5.41, 5.74) is 1.73. The molecule has 0 unspecified atom stereocenters. The fourth-order valence-electron chi connectivity index (χ4n) is 1.21. The second-order valence-electron chi connectivity index (χ2n) is 3.03. The Balaban J connectivity index is 0.000000686. The molecule has 0 amide bonds. The molecule has 2 aromatic rings. The van der Waals surface area contributed by atoms with E-state index in [1.165, 1.54) is 0 Å². The average Bonchev–Trinajstić information content (AvgIpc) is 2.43. The first kappa shape index (κ1) is 14.6. The summed E-state index contributed by atoms with van der Waals surface area (Å²) in [6, 6.07) is 20.3. The fourth-order valence-corrected chi connectivity index (χ4v) is 1.44. The van der Waals surface area contributed by atoms with Gasteiger partial charge < -0.3 is 17.6 Å². The van der Waals surface area contributed by atoms with Gasteiger partial charge in [-0.3, -0.25) is 0 Å². The van der Waals surface area contributed by atoms with E-state index in [2.05, 4.69) is 23.8 Å². The van der Waals surface area contributed by atoms with Crippen LogP contribution in [0.5, 0.6) is 0 Å². The summed E-state index contributed by atoms with van der Waals surface area (Å²) in [5, 5.41) is 0.595. The van der Waals surface area contributed by atoms with Gasteiger partial charge in [-0.2, -0.15) is 24.3 Å². The van der Waals surface area contributed by atoms with E-state index >= 15 is 0 Å². The molecule has 0 heterocycles. The molecular weight excluding hydrogens is 393 g/mol. The molecule has 17 heavy (non-hydrogen) atoms. The summed E-state index contributed by atoms with van der Waals surface area (Å²) < 4.78 is 0. The molecule has 0 saturated carbocycles. The van der Waals surface area contributed by atoms with E-state index in [4.69, 9.17) is 12.6 Å². The maximum atomic E-state index is 5.22. The van der Waals surface area contributed by atoms with Gasteiger partial charge in [0, 0.05) is 0 Å². The van der Waals surface area contributed by atoms with E-state index in [-0.39, 0.29) is 0 Å². The fraction of sp³-hybridized carbons (Fsp3) is 0. The normalized spacial score (nSPS) is 10.4. The number of benzene rings is 2. The van der Waals surface area contributed by atoms with Crippen LogP contribution in [0, 0.1) is 6.07 Å². The Kier molecular flexibility index (Phi) is 7.44. The number of hydrogen-bond donors (Lipinski definition) is 0. The monoisotopic (exact) mass is 401 g/mol. The van der Waals surface area contributed by atoms with Crippen molar-refractivity contribution in [1.29, 1.82) is 0 Å². The number of aliphatic imine (C=N–C) groups is 1. The molecule has 1 nitrogen and oxygen atoms in total. The maximum absolute atomic E-state index is 5.22. The summed E-state index contributed by atoms with van der Waals surface area (Å²) in [6.45, 7) is 0. The van der Waals surface area contributed by atoms with Crippen LogP contribution in [0.15, 0.2) is 59.6 Å². The third kappa shape index (κ3) is 5.17. The van der Waals surface area contributed by atoms with Gasteiger partial charge >= 0.3 is 33.1 Å². The Morgan fingerprint density at radius 2 is 1.71 bits per heavy atom. The number of nitrogens with zero attached hydrogens (tertiary/aromatic N) is 1. The van der Waals surface area contributed by atoms with Crippen molar-refractivity contribution in [2.24, 2.45) is 4.99 Å². The van der Waals surface area contributed by atoms with E-state index in [1.807, 2.05) is 54.6 Å². The van der Waals surface area contributed by atoms with Crippen LogP contribution >= 0.6 is 20.3 Å². The Labute approximate surface area is 127 Å². The third-order valence-electron chi connectivity index (χ3n) is 1.94. The van der Waals surface area contributed by atoms with Crippen LogP contribution in [-0.4, -0.2) is 5.04 Å². The van der Waals surface area contributed by atoms with Gasteiger partial charge in [-0.25, -0.2) is 0 Å². The first-order valence-electron chi connectivity index (χ1n) is 4.75. The van der Waals surface area contributed by atoms with Gasteiger partial charge in [-0.1, -0.05) is 41.1 Å². The molecule has 0 N–H and O–H groups in total. The number of hydrogen-bond acceptors (Lipinski definition) is 2. The van der Waals surface area contributed by atoms with Gasteiger partial charge in [0.1, 0.15) is 0 Å². The molecule has 0 fully saturated rings. The van der Waals surface area contributed by atoms with Crippen molar-refractivity contribution in [3.63, 3.8) is 0 Å². The Bertz CT molecular complexity index is 459. The zero-order valence-electron chi connectivity index (χ0n) is 8.73. The minimum absolute atomic E-state index is 0.595. The van der Waals surface area contributed by atoms with Crippen molar-refractivity contribution < 1.29 is 12.8 Å². The zero-order valence-corrected chi connectivity index (χ0v) is 12.6. The molecule has 2 rings (SSSR count). The second-order valence-corrected chi connectivity index (χ2v) is 3.42. The van der Waals surface area contributed by atoms with Crippen LogP contribution in [0.25, 0.3) is 0 Å². The number of rotatable bonds is 2. The van der Waals surface area contributed by atoms with Gasteiger partial charge in [0.2, 0.25) is 0 Å². The van der Waals surface area contributed by atoms with E-state index in [0.29, 0.717) is 5.04 Å².